The first-order valence-corrected chi connectivity index (χ1v) is 25.4. The molecule has 456 valence electrons. The highest BCUT2D eigenvalue weighted by Crippen LogP contribution is 2.46. The molecule has 3 fully saturated rings. The van der Waals surface area contributed by atoms with Gasteiger partial charge in [-0.1, -0.05) is 18.2 Å². The van der Waals surface area contributed by atoms with Crippen molar-refractivity contribution in [3.05, 3.63) is 96.1 Å². The zero-order valence-corrected chi connectivity index (χ0v) is 44.1. The molecule has 0 saturated carbocycles. The number of carboxylic acid groups (broad SMARTS) is 1. The summed E-state index contributed by atoms with van der Waals surface area (Å²) in [5.74, 6) is -10.1. The van der Waals surface area contributed by atoms with Crippen molar-refractivity contribution in [2.45, 2.75) is 98.5 Å². The van der Waals surface area contributed by atoms with E-state index in [1.165, 1.54) is 61.7 Å². The quantitative estimate of drug-likeness (QED) is 0.0115. The molecule has 0 amide bonds. The average molecular weight is 1200 g/mol. The second kappa shape index (κ2) is 27.0. The van der Waals surface area contributed by atoms with E-state index in [2.05, 4.69) is 0 Å². The third kappa shape index (κ3) is 14.8. The van der Waals surface area contributed by atoms with Crippen LogP contribution < -0.4 is 14.2 Å². The van der Waals surface area contributed by atoms with E-state index >= 15 is 0 Å². The van der Waals surface area contributed by atoms with Gasteiger partial charge in [0.15, 0.2) is 41.1 Å². The van der Waals surface area contributed by atoms with Crippen molar-refractivity contribution in [3.63, 3.8) is 0 Å². The SMILES string of the molecule is COc1cc(C=CC(=O)OC[C@H]2O[C@@H](O[C@H]3[C@H](Oc4cc5c(O[C@@H]6O[C@H](COC(=O)CC(=O)O)[C@H](O)[C@H](O)[C@H]6O)cc(O)cc5[o+]c4-c4cc(O)c(O)c(O)c4)O[C@H](COC(=O)C=Cc4ccc(O)cc4)[C@H](O)[C@@H]3O)[C@H](O)[C@@H](O)[C@H]2O)ccc1O. The lowest BCUT2D eigenvalue weighted by Crippen LogP contribution is -2.65. The molecule has 0 spiro atoms. The molecule has 1 aromatic heterocycles. The van der Waals surface area contributed by atoms with E-state index in [1.807, 2.05) is 0 Å². The topological polar surface area (TPSA) is 475 Å². The second-order valence-corrected chi connectivity index (χ2v) is 19.3. The molecule has 30 nitrogen and oxygen atoms in total. The van der Waals surface area contributed by atoms with Crippen LogP contribution in [0, 0.1) is 0 Å². The van der Waals surface area contributed by atoms with Crippen molar-refractivity contribution < 1.29 is 148 Å². The van der Waals surface area contributed by atoms with Crippen molar-refractivity contribution in [1.29, 1.82) is 0 Å². The maximum atomic E-state index is 13.0. The van der Waals surface area contributed by atoms with Crippen molar-refractivity contribution in [1.82, 2.24) is 0 Å². The summed E-state index contributed by atoms with van der Waals surface area (Å²) in [6.45, 7) is -2.53. The number of methoxy groups -OCH3 is 1. The number of ether oxygens (including phenoxy) is 10. The maximum absolute atomic E-state index is 13.0. The Morgan fingerprint density at radius 2 is 1.06 bits per heavy atom. The van der Waals surface area contributed by atoms with Gasteiger partial charge in [-0.2, -0.15) is 0 Å². The standard InChI is InChI=1S/C55H56O30/c1-75-33-12-23(4-9-28(33)58)6-11-40(64)76-19-35-43(67)47(71)50(74)54(83-35)85-52-48(72)45(69)37(20-77-39(63)10-5-22-2-7-25(56)8-3-22)84-55(52)81-34-17-27-31(79-51(34)24-13-29(59)42(66)30(60)14-24)15-26(57)16-32(27)80-53-49(73)46(70)44(68)36(82-53)21-78-41(65)18-38(61)62/h2-17,35-37,43-50,52-55,67-74H,18-21H2,1H3,(H6-,56,57,58,59,60,61,62,63,64,66)/p+1/t35-,36-,37-,43+,44+,45+,46+,47+,48+,49-,50-,52-,53-,54+,55-/m1/s1. The van der Waals surface area contributed by atoms with Crippen LogP contribution in [0.4, 0.5) is 0 Å². The second-order valence-electron chi connectivity index (χ2n) is 19.3. The molecule has 8 rings (SSSR count). The van der Waals surface area contributed by atoms with Gasteiger partial charge in [0.25, 0.3) is 0 Å². The number of aliphatic hydroxyl groups excluding tert-OH is 8. The number of aliphatic carboxylic acids is 1. The fraction of sp³-hybridized carbons (Fsp3) is 0.364. The van der Waals surface area contributed by atoms with Crippen molar-refractivity contribution >= 4 is 47.0 Å². The van der Waals surface area contributed by atoms with Crippen LogP contribution in [0.25, 0.3) is 34.4 Å². The fourth-order valence-corrected chi connectivity index (χ4v) is 8.78. The monoisotopic (exact) mass is 1200 g/mol. The molecule has 30 heteroatoms. The number of phenols is 6. The molecule has 5 aromatic rings. The van der Waals surface area contributed by atoms with Gasteiger partial charge in [-0.15, -0.1) is 0 Å². The summed E-state index contributed by atoms with van der Waals surface area (Å²) in [4.78, 5) is 48.9. The number of aromatic hydroxyl groups is 6. The fourth-order valence-electron chi connectivity index (χ4n) is 8.78. The van der Waals surface area contributed by atoms with Gasteiger partial charge < -0.3 is 124 Å². The highest BCUT2D eigenvalue weighted by molar-refractivity contribution is 5.91. The summed E-state index contributed by atoms with van der Waals surface area (Å²) in [6, 6.07) is 14.5. The van der Waals surface area contributed by atoms with Gasteiger partial charge in [-0.05, 0) is 47.5 Å². The Kier molecular flexibility index (Phi) is 19.8. The van der Waals surface area contributed by atoms with E-state index in [0.29, 0.717) is 11.1 Å². The lowest BCUT2D eigenvalue weighted by molar-refractivity contribution is -0.358. The Morgan fingerprint density at radius 3 is 1.66 bits per heavy atom. The van der Waals surface area contributed by atoms with Crippen LogP contribution in [0.15, 0.2) is 89.4 Å². The summed E-state index contributed by atoms with van der Waals surface area (Å²) >= 11 is 0. The Balaban J connectivity index is 1.14. The minimum Gasteiger partial charge on any atom is -0.508 e. The third-order valence-electron chi connectivity index (χ3n) is 13.3. The number of benzene rings is 4. The lowest BCUT2D eigenvalue weighted by atomic mass is 9.97. The van der Waals surface area contributed by atoms with Gasteiger partial charge >= 0.3 is 35.2 Å². The number of carbonyl (C=O) groups is 4. The zero-order valence-electron chi connectivity index (χ0n) is 44.1. The van der Waals surface area contributed by atoms with Gasteiger partial charge in [-0.3, -0.25) is 9.59 Å². The number of phenolic OH excluding ortho intramolecular Hbond substituents is 6. The minimum atomic E-state index is -2.24. The zero-order chi connectivity index (χ0) is 61.6. The van der Waals surface area contributed by atoms with Crippen LogP contribution in [0.2, 0.25) is 0 Å². The molecule has 4 heterocycles. The van der Waals surface area contributed by atoms with Crippen molar-refractivity contribution in [3.8, 4) is 63.1 Å². The number of hydrogen-bond donors (Lipinski definition) is 15. The van der Waals surface area contributed by atoms with Crippen molar-refractivity contribution in [2.24, 2.45) is 0 Å². The molecule has 0 unspecified atom stereocenters. The van der Waals surface area contributed by atoms with Crippen molar-refractivity contribution in [2.75, 3.05) is 26.9 Å². The van der Waals surface area contributed by atoms with Crippen LogP contribution in [0.1, 0.15) is 17.5 Å². The number of carbonyl (C=O) groups excluding carboxylic acids is 3. The minimum absolute atomic E-state index is 0.0552. The average Bonchev–Trinajstić information content (AvgIpc) is 1.95. The molecule has 0 bridgehead atoms. The number of esters is 3. The summed E-state index contributed by atoms with van der Waals surface area (Å²) < 4.78 is 62.6. The molecule has 3 aliphatic heterocycles. The third-order valence-corrected chi connectivity index (χ3v) is 13.3. The van der Waals surface area contributed by atoms with E-state index in [1.54, 1.807) is 0 Å². The number of carboxylic acids is 1. The van der Waals surface area contributed by atoms with Gasteiger partial charge in [0, 0.05) is 36.4 Å². The highest BCUT2D eigenvalue weighted by atomic mass is 16.8. The first-order chi connectivity index (χ1) is 40.4. The number of hydrogen-bond acceptors (Lipinski definition) is 28. The summed E-state index contributed by atoms with van der Waals surface area (Å²) in [5.41, 5.74) is 0.167. The maximum Gasteiger partial charge on any atom is 0.402 e. The van der Waals surface area contributed by atoms with Gasteiger partial charge in [0.1, 0.15) is 116 Å². The molecule has 3 saturated heterocycles. The molecule has 0 radical (unpaired) electrons. The van der Waals surface area contributed by atoms with E-state index in [0.717, 1.165) is 42.5 Å². The molecule has 0 aliphatic carbocycles. The lowest BCUT2D eigenvalue weighted by Gasteiger charge is -2.45. The molecular formula is C55H57O30+. The first kappa shape index (κ1) is 62.4. The Morgan fingerprint density at radius 1 is 0.529 bits per heavy atom. The van der Waals surface area contributed by atoms with Gasteiger partial charge in [0.05, 0.1) is 18.7 Å². The molecular weight excluding hydrogens is 1140 g/mol. The molecule has 15 N–H and O–H groups in total. The first-order valence-electron chi connectivity index (χ1n) is 25.4. The smallest absolute Gasteiger partial charge is 0.402 e. The van der Waals surface area contributed by atoms with E-state index in [9.17, 15) is 90.7 Å². The van der Waals surface area contributed by atoms with Crippen LogP contribution in [-0.4, -0.2) is 220 Å². The molecule has 3 aliphatic rings. The van der Waals surface area contributed by atoms with E-state index in [4.69, 9.17) is 56.9 Å². The summed E-state index contributed by atoms with van der Waals surface area (Å²) in [7, 11) is 1.31. The predicted octanol–water partition coefficient (Wildman–Crippen LogP) is -0.641. The van der Waals surface area contributed by atoms with Crippen LogP contribution in [-0.2, 0) is 52.3 Å². The Labute approximate surface area is 478 Å². The Bertz CT molecular complexity index is 3250. The number of rotatable bonds is 20. The van der Waals surface area contributed by atoms with Crippen LogP contribution in [0.5, 0.6) is 51.7 Å². The predicted molar refractivity (Wildman–Crippen MR) is 279 cm³/mol. The van der Waals surface area contributed by atoms with E-state index in [-0.39, 0.29) is 33.8 Å². The molecule has 15 atom stereocenters. The van der Waals surface area contributed by atoms with E-state index < -0.39 is 182 Å². The highest BCUT2D eigenvalue weighted by Gasteiger charge is 2.53. The number of fused-ring (bicyclic) bond motifs is 1. The molecule has 4 aromatic carbocycles. The van der Waals surface area contributed by atoms with Crippen LogP contribution in [0.3, 0.4) is 0 Å². The molecule has 85 heavy (non-hydrogen) atoms. The summed E-state index contributed by atoms with van der Waals surface area (Å²) in [6.07, 6.45) is -26.9. The van der Waals surface area contributed by atoms with Crippen LogP contribution >= 0.6 is 0 Å². The number of aliphatic hydroxyl groups is 8. The van der Waals surface area contributed by atoms with Gasteiger partial charge in [-0.25, -0.2) is 14.0 Å². The largest absolute Gasteiger partial charge is 0.508 e. The summed E-state index contributed by atoms with van der Waals surface area (Å²) in [5, 5.41) is 160. The normalized spacial score (nSPS) is 27.8. The Hall–Kier alpha value is -8.63. The van der Waals surface area contributed by atoms with Gasteiger partial charge in [0.2, 0.25) is 18.3 Å².